The Hall–Kier alpha value is -2.82. The summed E-state index contributed by atoms with van der Waals surface area (Å²) >= 11 is 6.31. The molecule has 0 aliphatic heterocycles. The van der Waals surface area contributed by atoms with Gasteiger partial charge in [-0.2, -0.15) is 0 Å². The first-order chi connectivity index (χ1) is 16.1. The molecular weight excluding hydrogens is 430 g/mol. The van der Waals surface area contributed by atoms with Crippen LogP contribution in [0.25, 0.3) is 21.8 Å². The van der Waals surface area contributed by atoms with Gasteiger partial charge in [-0.3, -0.25) is 0 Å². The number of nitrogens with one attached hydrogen (secondary N) is 1. The lowest BCUT2D eigenvalue weighted by Gasteiger charge is -2.25. The molecule has 172 valence electrons. The quantitative estimate of drug-likeness (QED) is 0.251. The minimum Gasteiger partial charge on any atom is -0.497 e. The fraction of sp³-hybridized carbons (Fsp3) is 0.321. The largest absolute Gasteiger partial charge is 0.497 e. The lowest BCUT2D eigenvalue weighted by molar-refractivity contribution is 0.294. The normalized spacial score (nSPS) is 12.4. The number of anilines is 1. The molecule has 4 rings (SSSR count). The zero-order valence-electron chi connectivity index (χ0n) is 19.6. The average molecular weight is 462 g/mol. The van der Waals surface area contributed by atoms with Crippen LogP contribution >= 0.6 is 11.6 Å². The van der Waals surface area contributed by atoms with Gasteiger partial charge >= 0.3 is 0 Å². The predicted molar refractivity (Wildman–Crippen MR) is 141 cm³/mol. The Bertz CT molecular complexity index is 1210. The van der Waals surface area contributed by atoms with E-state index in [-0.39, 0.29) is 6.04 Å². The fourth-order valence-corrected chi connectivity index (χ4v) is 4.59. The molecule has 4 nitrogen and oxygen atoms in total. The second-order valence-corrected chi connectivity index (χ2v) is 8.74. The Morgan fingerprint density at radius 1 is 0.939 bits per heavy atom. The molecule has 3 aromatic carbocycles. The van der Waals surface area contributed by atoms with E-state index in [4.69, 9.17) is 21.3 Å². The Kier molecular flexibility index (Phi) is 7.69. The first kappa shape index (κ1) is 23.3. The number of benzene rings is 3. The first-order valence-electron chi connectivity index (χ1n) is 11.7. The molecule has 1 heterocycles. The Labute approximate surface area is 201 Å². The molecule has 1 N–H and O–H groups in total. The molecular formula is C28H32ClN3O. The SMILES string of the molecule is CCN(CC)CCCC(Nc1c2ccc(Cl)cc2nc2ccc(OC)cc12)c1ccccc1. The summed E-state index contributed by atoms with van der Waals surface area (Å²) in [4.78, 5) is 7.35. The summed E-state index contributed by atoms with van der Waals surface area (Å²) in [5.74, 6) is 0.818. The molecule has 0 fully saturated rings. The number of hydrogen-bond donors (Lipinski definition) is 1. The number of aromatic nitrogens is 1. The standard InChI is InChI=1S/C28H32ClN3O/c1-4-32(5-2)17-9-12-25(20-10-7-6-8-11-20)31-28-23-15-13-21(29)18-27(23)30-26-16-14-22(33-3)19-24(26)28/h6-8,10-11,13-16,18-19,25H,4-5,9,12,17H2,1-3H3,(H,30,31). The Morgan fingerprint density at radius 2 is 1.73 bits per heavy atom. The van der Waals surface area contributed by atoms with Gasteiger partial charge in [0.05, 0.1) is 29.9 Å². The maximum atomic E-state index is 6.31. The Morgan fingerprint density at radius 3 is 2.45 bits per heavy atom. The Balaban J connectivity index is 1.77. The molecule has 4 aromatic rings. The molecule has 0 saturated heterocycles. The molecule has 0 amide bonds. The summed E-state index contributed by atoms with van der Waals surface area (Å²) in [5, 5.41) is 6.70. The van der Waals surface area contributed by atoms with Crippen molar-refractivity contribution in [2.75, 3.05) is 32.1 Å². The molecule has 0 aliphatic carbocycles. The van der Waals surface area contributed by atoms with Crippen LogP contribution in [0.3, 0.4) is 0 Å². The number of fused-ring (bicyclic) bond motifs is 2. The molecule has 0 aliphatic rings. The van der Waals surface area contributed by atoms with Gasteiger partial charge < -0.3 is 15.0 Å². The van der Waals surface area contributed by atoms with Gasteiger partial charge in [0.2, 0.25) is 0 Å². The van der Waals surface area contributed by atoms with Crippen molar-refractivity contribution in [3.8, 4) is 5.75 Å². The summed E-state index contributed by atoms with van der Waals surface area (Å²) in [6.45, 7) is 7.72. The summed E-state index contributed by atoms with van der Waals surface area (Å²) in [6, 6.07) is 22.8. The summed E-state index contributed by atoms with van der Waals surface area (Å²) in [6.07, 6.45) is 2.15. The van der Waals surface area contributed by atoms with Crippen LogP contribution in [0, 0.1) is 0 Å². The van der Waals surface area contributed by atoms with E-state index in [0.29, 0.717) is 5.02 Å². The molecule has 5 heteroatoms. The highest BCUT2D eigenvalue weighted by Crippen LogP contribution is 2.37. The fourth-order valence-electron chi connectivity index (χ4n) is 4.42. The molecule has 0 spiro atoms. The maximum Gasteiger partial charge on any atom is 0.119 e. The van der Waals surface area contributed by atoms with E-state index in [0.717, 1.165) is 65.7 Å². The van der Waals surface area contributed by atoms with E-state index in [9.17, 15) is 0 Å². The number of pyridine rings is 1. The number of halogens is 1. The van der Waals surface area contributed by atoms with E-state index in [1.807, 2.05) is 24.3 Å². The van der Waals surface area contributed by atoms with Gasteiger partial charge in [0, 0.05) is 15.8 Å². The second-order valence-electron chi connectivity index (χ2n) is 8.31. The molecule has 0 saturated carbocycles. The van der Waals surface area contributed by atoms with Gasteiger partial charge in [-0.05, 0) is 74.4 Å². The summed E-state index contributed by atoms with van der Waals surface area (Å²) in [5.41, 5.74) is 4.16. The van der Waals surface area contributed by atoms with Gasteiger partial charge in [0.25, 0.3) is 0 Å². The topological polar surface area (TPSA) is 37.4 Å². The van der Waals surface area contributed by atoms with Crippen molar-refractivity contribution >= 4 is 39.1 Å². The minimum absolute atomic E-state index is 0.178. The first-order valence-corrected chi connectivity index (χ1v) is 12.1. The number of rotatable bonds is 10. The number of nitrogens with zero attached hydrogens (tertiary/aromatic N) is 2. The molecule has 1 aromatic heterocycles. The number of hydrogen-bond acceptors (Lipinski definition) is 4. The molecule has 0 bridgehead atoms. The third-order valence-corrected chi connectivity index (χ3v) is 6.56. The van der Waals surface area contributed by atoms with Crippen LogP contribution in [0.15, 0.2) is 66.7 Å². The highest BCUT2D eigenvalue weighted by molar-refractivity contribution is 6.31. The lowest BCUT2D eigenvalue weighted by Crippen LogP contribution is -2.24. The van der Waals surface area contributed by atoms with Gasteiger partial charge in [0.1, 0.15) is 5.75 Å². The smallest absolute Gasteiger partial charge is 0.119 e. The summed E-state index contributed by atoms with van der Waals surface area (Å²) in [7, 11) is 1.70. The van der Waals surface area contributed by atoms with Crippen LogP contribution in [0.4, 0.5) is 5.69 Å². The van der Waals surface area contributed by atoms with Gasteiger partial charge in [-0.15, -0.1) is 0 Å². The highest BCUT2D eigenvalue weighted by Gasteiger charge is 2.17. The van der Waals surface area contributed by atoms with Gasteiger partial charge in [0.15, 0.2) is 0 Å². The molecule has 1 atom stereocenters. The van der Waals surface area contributed by atoms with Crippen LogP contribution in [-0.4, -0.2) is 36.6 Å². The van der Waals surface area contributed by atoms with Crippen LogP contribution in [0.5, 0.6) is 5.75 Å². The van der Waals surface area contributed by atoms with Crippen LogP contribution in [0.1, 0.15) is 38.3 Å². The van der Waals surface area contributed by atoms with Crippen molar-refractivity contribution < 1.29 is 4.74 Å². The zero-order chi connectivity index (χ0) is 23.2. The van der Waals surface area contributed by atoms with Crippen molar-refractivity contribution in [3.63, 3.8) is 0 Å². The van der Waals surface area contributed by atoms with E-state index in [1.54, 1.807) is 7.11 Å². The predicted octanol–water partition coefficient (Wildman–Crippen LogP) is 7.33. The van der Waals surface area contributed by atoms with Crippen molar-refractivity contribution in [2.45, 2.75) is 32.7 Å². The molecule has 0 radical (unpaired) electrons. The van der Waals surface area contributed by atoms with E-state index >= 15 is 0 Å². The van der Waals surface area contributed by atoms with Crippen molar-refractivity contribution in [2.24, 2.45) is 0 Å². The van der Waals surface area contributed by atoms with Gasteiger partial charge in [-0.1, -0.05) is 55.8 Å². The molecule has 1 unspecified atom stereocenters. The van der Waals surface area contributed by atoms with Crippen LogP contribution in [0.2, 0.25) is 5.02 Å². The van der Waals surface area contributed by atoms with Crippen molar-refractivity contribution in [3.05, 3.63) is 77.3 Å². The van der Waals surface area contributed by atoms with E-state index < -0.39 is 0 Å². The third kappa shape index (κ3) is 5.40. The lowest BCUT2D eigenvalue weighted by atomic mass is 9.99. The second kappa shape index (κ2) is 10.9. The molecule has 33 heavy (non-hydrogen) atoms. The zero-order valence-corrected chi connectivity index (χ0v) is 20.4. The van der Waals surface area contributed by atoms with E-state index in [2.05, 4.69) is 66.5 Å². The third-order valence-electron chi connectivity index (χ3n) is 6.33. The monoisotopic (exact) mass is 461 g/mol. The minimum atomic E-state index is 0.178. The highest BCUT2D eigenvalue weighted by atomic mass is 35.5. The van der Waals surface area contributed by atoms with Crippen LogP contribution in [-0.2, 0) is 0 Å². The average Bonchev–Trinajstić information content (AvgIpc) is 2.85. The number of methoxy groups -OCH3 is 1. The van der Waals surface area contributed by atoms with Crippen LogP contribution < -0.4 is 10.1 Å². The number of ether oxygens (including phenoxy) is 1. The summed E-state index contributed by atoms with van der Waals surface area (Å²) < 4.78 is 5.53. The van der Waals surface area contributed by atoms with Gasteiger partial charge in [-0.25, -0.2) is 4.98 Å². The van der Waals surface area contributed by atoms with E-state index in [1.165, 1.54) is 5.56 Å². The van der Waals surface area contributed by atoms with Crippen molar-refractivity contribution in [1.29, 1.82) is 0 Å². The van der Waals surface area contributed by atoms with Crippen molar-refractivity contribution in [1.82, 2.24) is 9.88 Å². The maximum absolute atomic E-state index is 6.31.